The van der Waals surface area contributed by atoms with Gasteiger partial charge in [0.2, 0.25) is 5.91 Å². The Morgan fingerprint density at radius 3 is 2.42 bits per heavy atom. The summed E-state index contributed by atoms with van der Waals surface area (Å²) in [5.41, 5.74) is -0.179. The Morgan fingerprint density at radius 1 is 1.32 bits per heavy atom. The van der Waals surface area contributed by atoms with E-state index in [1.165, 1.54) is 9.75 Å². The molecule has 0 radical (unpaired) electrons. The van der Waals surface area contributed by atoms with Gasteiger partial charge in [-0.2, -0.15) is 0 Å². The number of carbonyl (C=O) groups is 1. The van der Waals surface area contributed by atoms with Crippen molar-refractivity contribution >= 4 is 17.2 Å². The second kappa shape index (κ2) is 6.53. The van der Waals surface area contributed by atoms with Gasteiger partial charge in [-0.3, -0.25) is 4.79 Å². The maximum atomic E-state index is 12.0. The molecule has 0 saturated carbocycles. The Kier molecular flexibility index (Phi) is 5.56. The number of rotatable bonds is 5. The van der Waals surface area contributed by atoms with E-state index in [1.807, 2.05) is 39.0 Å². The van der Waals surface area contributed by atoms with E-state index in [9.17, 15) is 4.79 Å². The highest BCUT2D eigenvalue weighted by Gasteiger charge is 2.20. The van der Waals surface area contributed by atoms with Gasteiger partial charge in [-0.15, -0.1) is 11.3 Å². The van der Waals surface area contributed by atoms with Crippen LogP contribution in [-0.4, -0.2) is 23.5 Å². The standard InChI is InChI=1S/C15H26N2OS/c1-10(9-13-8-7-11(2)19-13)16-12(3)14(18)17-15(4,5)6/h7-8,10,12,16H,9H2,1-6H3,(H,17,18). The van der Waals surface area contributed by atoms with Crippen molar-refractivity contribution < 1.29 is 4.79 Å². The molecule has 0 aliphatic carbocycles. The molecule has 0 bridgehead atoms. The zero-order valence-corrected chi connectivity index (χ0v) is 13.6. The Morgan fingerprint density at radius 2 is 1.95 bits per heavy atom. The number of thiophene rings is 1. The van der Waals surface area contributed by atoms with Crippen molar-refractivity contribution in [2.75, 3.05) is 0 Å². The predicted octanol–water partition coefficient (Wildman–Crippen LogP) is 2.88. The monoisotopic (exact) mass is 282 g/mol. The molecule has 4 heteroatoms. The normalized spacial score (nSPS) is 15.1. The summed E-state index contributed by atoms with van der Waals surface area (Å²) in [7, 11) is 0. The summed E-state index contributed by atoms with van der Waals surface area (Å²) in [4.78, 5) is 14.7. The van der Waals surface area contributed by atoms with E-state index in [0.717, 1.165) is 6.42 Å². The van der Waals surface area contributed by atoms with Gasteiger partial charge < -0.3 is 10.6 Å². The zero-order chi connectivity index (χ0) is 14.6. The van der Waals surface area contributed by atoms with Gasteiger partial charge in [0.05, 0.1) is 6.04 Å². The minimum absolute atomic E-state index is 0.0571. The van der Waals surface area contributed by atoms with Gasteiger partial charge in [-0.25, -0.2) is 0 Å². The molecule has 2 N–H and O–H groups in total. The Labute approximate surface area is 120 Å². The largest absolute Gasteiger partial charge is 0.350 e. The highest BCUT2D eigenvalue weighted by Crippen LogP contribution is 2.16. The van der Waals surface area contributed by atoms with Gasteiger partial charge in [0.25, 0.3) is 0 Å². The van der Waals surface area contributed by atoms with Crippen LogP contribution in [0.3, 0.4) is 0 Å². The summed E-state index contributed by atoms with van der Waals surface area (Å²) in [5, 5.41) is 6.35. The molecule has 2 unspecified atom stereocenters. The summed E-state index contributed by atoms with van der Waals surface area (Å²) in [6.07, 6.45) is 0.964. The Hall–Kier alpha value is -0.870. The van der Waals surface area contributed by atoms with Gasteiger partial charge in [-0.05, 0) is 60.1 Å². The molecule has 0 spiro atoms. The van der Waals surface area contributed by atoms with Crippen LogP contribution in [0.5, 0.6) is 0 Å². The molecule has 108 valence electrons. The second-order valence-corrected chi connectivity index (χ2v) is 7.62. The fraction of sp³-hybridized carbons (Fsp3) is 0.667. The number of aryl methyl sites for hydroxylation is 1. The van der Waals surface area contributed by atoms with Crippen molar-refractivity contribution in [1.82, 2.24) is 10.6 Å². The average Bonchev–Trinajstić information content (AvgIpc) is 2.60. The van der Waals surface area contributed by atoms with Crippen LogP contribution < -0.4 is 10.6 Å². The molecule has 0 aliphatic rings. The fourth-order valence-corrected chi connectivity index (χ4v) is 2.95. The van der Waals surface area contributed by atoms with Crippen molar-refractivity contribution in [3.8, 4) is 0 Å². The van der Waals surface area contributed by atoms with Crippen LogP contribution in [-0.2, 0) is 11.2 Å². The lowest BCUT2D eigenvalue weighted by molar-refractivity contribution is -0.124. The van der Waals surface area contributed by atoms with E-state index < -0.39 is 0 Å². The number of amides is 1. The first-order valence-electron chi connectivity index (χ1n) is 6.81. The molecule has 1 rings (SSSR count). The highest BCUT2D eigenvalue weighted by molar-refractivity contribution is 7.11. The number of carbonyl (C=O) groups excluding carboxylic acids is 1. The van der Waals surface area contributed by atoms with Gasteiger partial charge in [0.15, 0.2) is 0 Å². The predicted molar refractivity (Wildman–Crippen MR) is 82.7 cm³/mol. The first kappa shape index (κ1) is 16.2. The summed E-state index contributed by atoms with van der Waals surface area (Å²) in [6, 6.07) is 4.43. The lowest BCUT2D eigenvalue weighted by atomic mass is 10.1. The van der Waals surface area contributed by atoms with Crippen LogP contribution in [0.4, 0.5) is 0 Å². The van der Waals surface area contributed by atoms with E-state index >= 15 is 0 Å². The smallest absolute Gasteiger partial charge is 0.237 e. The lowest BCUT2D eigenvalue weighted by Gasteiger charge is -2.25. The van der Waals surface area contributed by atoms with Crippen molar-refractivity contribution in [3.63, 3.8) is 0 Å². The van der Waals surface area contributed by atoms with E-state index in [2.05, 4.69) is 36.6 Å². The number of hydrogen-bond donors (Lipinski definition) is 2. The molecule has 1 amide bonds. The molecule has 0 aromatic carbocycles. The van der Waals surface area contributed by atoms with Crippen molar-refractivity contribution in [2.24, 2.45) is 0 Å². The SMILES string of the molecule is Cc1ccc(CC(C)NC(C)C(=O)NC(C)(C)C)s1. The third-order valence-electron chi connectivity index (χ3n) is 2.73. The third kappa shape index (κ3) is 6.21. The molecule has 2 atom stereocenters. The molecule has 1 heterocycles. The first-order valence-corrected chi connectivity index (χ1v) is 7.62. The van der Waals surface area contributed by atoms with Crippen molar-refractivity contribution in [3.05, 3.63) is 21.9 Å². The number of nitrogens with one attached hydrogen (secondary N) is 2. The van der Waals surface area contributed by atoms with Gasteiger partial charge in [0.1, 0.15) is 0 Å². The minimum Gasteiger partial charge on any atom is -0.350 e. The number of hydrogen-bond acceptors (Lipinski definition) is 3. The van der Waals surface area contributed by atoms with E-state index in [-0.39, 0.29) is 17.5 Å². The maximum Gasteiger partial charge on any atom is 0.237 e. The van der Waals surface area contributed by atoms with Crippen LogP contribution in [0.2, 0.25) is 0 Å². The topological polar surface area (TPSA) is 41.1 Å². The Bertz CT molecular complexity index is 420. The quantitative estimate of drug-likeness (QED) is 0.872. The summed E-state index contributed by atoms with van der Waals surface area (Å²) >= 11 is 1.82. The highest BCUT2D eigenvalue weighted by atomic mass is 32.1. The summed E-state index contributed by atoms with van der Waals surface area (Å²) < 4.78 is 0. The first-order chi connectivity index (χ1) is 8.67. The van der Waals surface area contributed by atoms with Crippen LogP contribution in [0, 0.1) is 6.92 Å². The lowest BCUT2D eigenvalue weighted by Crippen LogP contribution is -2.51. The second-order valence-electron chi connectivity index (χ2n) is 6.25. The molecular formula is C15H26N2OS. The Balaban J connectivity index is 2.43. The van der Waals surface area contributed by atoms with Gasteiger partial charge in [0, 0.05) is 21.3 Å². The van der Waals surface area contributed by atoms with E-state index in [1.54, 1.807) is 0 Å². The van der Waals surface area contributed by atoms with Crippen LogP contribution in [0.15, 0.2) is 12.1 Å². The third-order valence-corrected chi connectivity index (χ3v) is 3.75. The van der Waals surface area contributed by atoms with E-state index in [0.29, 0.717) is 6.04 Å². The molecule has 0 fully saturated rings. The van der Waals surface area contributed by atoms with Crippen molar-refractivity contribution in [1.29, 1.82) is 0 Å². The van der Waals surface area contributed by atoms with Gasteiger partial charge in [-0.1, -0.05) is 0 Å². The molecule has 1 aromatic rings. The summed E-state index contributed by atoms with van der Waals surface area (Å²) in [5.74, 6) is 0.0571. The maximum absolute atomic E-state index is 12.0. The molecule has 0 saturated heterocycles. The fourth-order valence-electron chi connectivity index (χ4n) is 1.94. The average molecular weight is 282 g/mol. The van der Waals surface area contributed by atoms with Crippen molar-refractivity contribution in [2.45, 2.75) is 65.6 Å². The van der Waals surface area contributed by atoms with Crippen LogP contribution in [0.1, 0.15) is 44.4 Å². The molecule has 3 nitrogen and oxygen atoms in total. The van der Waals surface area contributed by atoms with Gasteiger partial charge >= 0.3 is 0 Å². The molecule has 1 aromatic heterocycles. The summed E-state index contributed by atoms with van der Waals surface area (Å²) in [6.45, 7) is 12.1. The molecule has 0 aliphatic heterocycles. The van der Waals surface area contributed by atoms with Crippen LogP contribution in [0.25, 0.3) is 0 Å². The molecular weight excluding hydrogens is 256 g/mol. The van der Waals surface area contributed by atoms with Crippen LogP contribution >= 0.6 is 11.3 Å². The molecule has 19 heavy (non-hydrogen) atoms. The minimum atomic E-state index is -0.179. The zero-order valence-electron chi connectivity index (χ0n) is 12.8. The van der Waals surface area contributed by atoms with E-state index in [4.69, 9.17) is 0 Å².